The lowest BCUT2D eigenvalue weighted by molar-refractivity contribution is 0.0955. The Bertz CT molecular complexity index is 1040. The first-order valence-corrected chi connectivity index (χ1v) is 10.5. The third kappa shape index (κ3) is 6.20. The number of hydrogen-bond acceptors (Lipinski definition) is 5. The molecule has 0 radical (unpaired) electrons. The van der Waals surface area contributed by atoms with Crippen LogP contribution in [0.3, 0.4) is 0 Å². The van der Waals surface area contributed by atoms with Crippen molar-refractivity contribution in [2.45, 2.75) is 24.8 Å². The van der Waals surface area contributed by atoms with Crippen LogP contribution >= 0.6 is 27.7 Å². The number of hydrogen-bond donors (Lipinski definition) is 1. The smallest absolute Gasteiger partial charge is 0.267 e. The number of benzene rings is 2. The van der Waals surface area contributed by atoms with Crippen molar-refractivity contribution in [2.24, 2.45) is 5.10 Å². The van der Waals surface area contributed by atoms with Gasteiger partial charge in [0.25, 0.3) is 5.91 Å². The Morgan fingerprint density at radius 1 is 1.14 bits per heavy atom. The van der Waals surface area contributed by atoms with E-state index in [2.05, 4.69) is 36.4 Å². The van der Waals surface area contributed by atoms with Gasteiger partial charge in [0.1, 0.15) is 5.82 Å². The molecule has 0 unspecified atom stereocenters. The van der Waals surface area contributed by atoms with Crippen LogP contribution in [0, 0.1) is 19.7 Å². The lowest BCUT2D eigenvalue weighted by Gasteiger charge is -2.05. The van der Waals surface area contributed by atoms with Gasteiger partial charge < -0.3 is 0 Å². The van der Waals surface area contributed by atoms with Gasteiger partial charge in [0.15, 0.2) is 5.16 Å². The van der Waals surface area contributed by atoms with Gasteiger partial charge in [-0.15, -0.1) is 0 Å². The lowest BCUT2D eigenvalue weighted by atomic mass is 10.1. The monoisotopic (exact) mass is 472 g/mol. The molecule has 0 aliphatic rings. The van der Waals surface area contributed by atoms with Gasteiger partial charge in [0.2, 0.25) is 0 Å². The molecule has 0 atom stereocenters. The maximum atomic E-state index is 13.7. The van der Waals surface area contributed by atoms with Crippen LogP contribution in [-0.4, -0.2) is 22.1 Å². The molecule has 0 saturated carbocycles. The van der Waals surface area contributed by atoms with Crippen molar-refractivity contribution in [3.63, 3.8) is 0 Å². The number of hydrazone groups is 1. The summed E-state index contributed by atoms with van der Waals surface area (Å²) in [5.41, 5.74) is 6.08. The summed E-state index contributed by atoms with van der Waals surface area (Å²) in [5, 5.41) is 4.56. The standard InChI is InChI=1S/C21H18BrFN4OS/c1-13-9-14(2)26-21(25-13)29-12-15-3-5-16(6-4-15)20(28)27-24-11-17-10-18(22)7-8-19(17)23/h3-11H,12H2,1-2H3,(H,27,28)/b24-11+. The van der Waals surface area contributed by atoms with Crippen LogP contribution < -0.4 is 5.43 Å². The predicted molar refractivity (Wildman–Crippen MR) is 117 cm³/mol. The maximum absolute atomic E-state index is 13.7. The highest BCUT2D eigenvalue weighted by Crippen LogP contribution is 2.20. The molecule has 3 rings (SSSR count). The van der Waals surface area contributed by atoms with Gasteiger partial charge in [-0.25, -0.2) is 19.8 Å². The maximum Gasteiger partial charge on any atom is 0.271 e. The molecule has 1 aromatic heterocycles. The van der Waals surface area contributed by atoms with E-state index < -0.39 is 5.82 Å². The van der Waals surface area contributed by atoms with Gasteiger partial charge >= 0.3 is 0 Å². The van der Waals surface area contributed by atoms with Crippen LogP contribution in [0.15, 0.2) is 63.3 Å². The highest BCUT2D eigenvalue weighted by molar-refractivity contribution is 9.10. The number of nitrogens with zero attached hydrogens (tertiary/aromatic N) is 3. The third-order valence-corrected chi connectivity index (χ3v) is 5.29. The second kappa shape index (κ2) is 9.76. The molecule has 1 N–H and O–H groups in total. The quantitative estimate of drug-likeness (QED) is 0.236. The number of carbonyl (C=O) groups excluding carboxylic acids is 1. The minimum absolute atomic E-state index is 0.278. The molecule has 0 fully saturated rings. The molecule has 2 aromatic carbocycles. The first kappa shape index (κ1) is 21.1. The number of carbonyl (C=O) groups is 1. The SMILES string of the molecule is Cc1cc(C)nc(SCc2ccc(C(=O)N/N=C/c3cc(Br)ccc3F)cc2)n1. The second-order valence-electron chi connectivity index (χ2n) is 6.28. The Kier molecular flexibility index (Phi) is 7.11. The summed E-state index contributed by atoms with van der Waals surface area (Å²) in [6.07, 6.45) is 1.27. The fraction of sp³-hybridized carbons (Fsp3) is 0.143. The van der Waals surface area contributed by atoms with E-state index >= 15 is 0 Å². The Labute approximate surface area is 181 Å². The number of halogens is 2. The van der Waals surface area contributed by atoms with E-state index in [1.807, 2.05) is 32.0 Å². The molecular weight excluding hydrogens is 455 g/mol. The summed E-state index contributed by atoms with van der Waals surface area (Å²) >= 11 is 4.81. The highest BCUT2D eigenvalue weighted by Gasteiger charge is 2.06. The number of rotatable bonds is 6. The molecule has 0 aliphatic heterocycles. The average molecular weight is 473 g/mol. The van der Waals surface area contributed by atoms with E-state index in [9.17, 15) is 9.18 Å². The zero-order valence-corrected chi connectivity index (χ0v) is 18.2. The normalized spacial score (nSPS) is 11.0. The minimum atomic E-state index is -0.416. The summed E-state index contributed by atoms with van der Waals surface area (Å²) in [5.74, 6) is -0.0835. The van der Waals surface area contributed by atoms with Crippen LogP contribution in [-0.2, 0) is 5.75 Å². The largest absolute Gasteiger partial charge is 0.271 e. The van der Waals surface area contributed by atoms with Gasteiger partial charge in [0.05, 0.1) is 6.21 Å². The molecular formula is C21H18BrFN4OS. The molecule has 1 amide bonds. The second-order valence-corrected chi connectivity index (χ2v) is 8.14. The molecule has 5 nitrogen and oxygen atoms in total. The molecule has 0 aliphatic carbocycles. The van der Waals surface area contributed by atoms with Gasteiger partial charge in [-0.3, -0.25) is 4.79 Å². The summed E-state index contributed by atoms with van der Waals surface area (Å²) in [7, 11) is 0. The van der Waals surface area contributed by atoms with Crippen LogP contribution in [0.2, 0.25) is 0 Å². The topological polar surface area (TPSA) is 67.2 Å². The fourth-order valence-electron chi connectivity index (χ4n) is 2.50. The van der Waals surface area contributed by atoms with Crippen molar-refractivity contribution in [3.8, 4) is 0 Å². The predicted octanol–water partition coefficient (Wildman–Crippen LogP) is 5.05. The van der Waals surface area contributed by atoms with Crippen molar-refractivity contribution >= 4 is 39.8 Å². The molecule has 29 heavy (non-hydrogen) atoms. The van der Waals surface area contributed by atoms with Crippen molar-refractivity contribution in [2.75, 3.05) is 0 Å². The number of thioether (sulfide) groups is 1. The average Bonchev–Trinajstić information content (AvgIpc) is 2.68. The minimum Gasteiger partial charge on any atom is -0.267 e. The molecule has 0 spiro atoms. The van der Waals surface area contributed by atoms with Crippen LogP contribution in [0.25, 0.3) is 0 Å². The van der Waals surface area contributed by atoms with Crippen LogP contribution in [0.5, 0.6) is 0 Å². The third-order valence-electron chi connectivity index (χ3n) is 3.87. The van der Waals surface area contributed by atoms with Gasteiger partial charge in [0, 0.05) is 32.7 Å². The summed E-state index contributed by atoms with van der Waals surface area (Å²) < 4.78 is 14.4. The van der Waals surface area contributed by atoms with Crippen molar-refractivity contribution in [1.82, 2.24) is 15.4 Å². The Hall–Kier alpha value is -2.58. The first-order valence-electron chi connectivity index (χ1n) is 8.73. The zero-order valence-electron chi connectivity index (χ0n) is 15.8. The van der Waals surface area contributed by atoms with Gasteiger partial charge in [-0.05, 0) is 55.8 Å². The first-order chi connectivity index (χ1) is 13.9. The lowest BCUT2D eigenvalue weighted by Crippen LogP contribution is -2.17. The van der Waals surface area contributed by atoms with Crippen LogP contribution in [0.1, 0.15) is 32.9 Å². The molecule has 148 valence electrons. The number of aromatic nitrogens is 2. The van der Waals surface area contributed by atoms with E-state index in [4.69, 9.17) is 0 Å². The van der Waals surface area contributed by atoms with E-state index in [0.717, 1.165) is 26.6 Å². The Balaban J connectivity index is 1.57. The van der Waals surface area contributed by atoms with Gasteiger partial charge in [-0.1, -0.05) is 39.8 Å². The molecule has 3 aromatic rings. The summed E-state index contributed by atoms with van der Waals surface area (Å²) in [6, 6.07) is 13.6. The number of amides is 1. The summed E-state index contributed by atoms with van der Waals surface area (Å²) in [4.78, 5) is 21.0. The fourth-order valence-corrected chi connectivity index (χ4v) is 3.78. The highest BCUT2D eigenvalue weighted by atomic mass is 79.9. The van der Waals surface area contributed by atoms with E-state index in [1.54, 1.807) is 36.0 Å². The molecule has 0 saturated heterocycles. The number of aryl methyl sites for hydroxylation is 2. The zero-order chi connectivity index (χ0) is 20.8. The van der Waals surface area contributed by atoms with E-state index in [1.165, 1.54) is 12.3 Å². The van der Waals surface area contributed by atoms with E-state index in [-0.39, 0.29) is 11.5 Å². The Morgan fingerprint density at radius 3 is 2.52 bits per heavy atom. The molecule has 0 bridgehead atoms. The molecule has 8 heteroatoms. The van der Waals surface area contributed by atoms with Crippen LogP contribution in [0.4, 0.5) is 4.39 Å². The van der Waals surface area contributed by atoms with Crippen molar-refractivity contribution in [3.05, 3.63) is 86.9 Å². The Morgan fingerprint density at radius 2 is 1.83 bits per heavy atom. The number of nitrogens with one attached hydrogen (secondary N) is 1. The van der Waals surface area contributed by atoms with Gasteiger partial charge in [-0.2, -0.15) is 5.10 Å². The summed E-state index contributed by atoms with van der Waals surface area (Å²) in [6.45, 7) is 3.89. The van der Waals surface area contributed by atoms with Crippen molar-refractivity contribution in [1.29, 1.82) is 0 Å². The van der Waals surface area contributed by atoms with Crippen molar-refractivity contribution < 1.29 is 9.18 Å². The van der Waals surface area contributed by atoms with E-state index in [0.29, 0.717) is 11.3 Å². The molecule has 1 heterocycles.